The van der Waals surface area contributed by atoms with Crippen molar-refractivity contribution in [2.45, 2.75) is 31.3 Å². The van der Waals surface area contributed by atoms with E-state index < -0.39 is 10.0 Å². The Labute approximate surface area is 173 Å². The van der Waals surface area contributed by atoms with Crippen LogP contribution in [0.2, 0.25) is 0 Å². The van der Waals surface area contributed by atoms with Crippen molar-refractivity contribution in [1.29, 1.82) is 0 Å². The van der Waals surface area contributed by atoms with E-state index in [0.717, 1.165) is 17.9 Å². The van der Waals surface area contributed by atoms with Crippen molar-refractivity contribution in [3.63, 3.8) is 0 Å². The van der Waals surface area contributed by atoms with Gasteiger partial charge in [-0.2, -0.15) is 0 Å². The predicted octanol–water partition coefficient (Wildman–Crippen LogP) is 2.12. The summed E-state index contributed by atoms with van der Waals surface area (Å²) in [5, 5.41) is 3.42. The molecule has 0 aromatic heterocycles. The van der Waals surface area contributed by atoms with Crippen LogP contribution in [-0.4, -0.2) is 53.0 Å². The molecule has 2 unspecified atom stereocenters. The van der Waals surface area contributed by atoms with Gasteiger partial charge in [0, 0.05) is 36.3 Å². The van der Waals surface area contributed by atoms with E-state index in [-0.39, 0.29) is 17.8 Å². The van der Waals surface area contributed by atoms with E-state index in [4.69, 9.17) is 4.74 Å². The van der Waals surface area contributed by atoms with Gasteiger partial charge in [0.25, 0.3) is 0 Å². The highest BCUT2D eigenvalue weighted by Crippen LogP contribution is 2.39. The van der Waals surface area contributed by atoms with E-state index >= 15 is 0 Å². The SMILES string of the molecule is CCS(=O)(=O)NC1CN(c2ccc3c(c2)C(Cc2ccccc2)C(NC)CO3)C1. The Kier molecular flexibility index (Phi) is 5.81. The highest BCUT2D eigenvalue weighted by molar-refractivity contribution is 7.89. The molecule has 0 amide bonds. The molecule has 0 spiro atoms. The number of ether oxygens (including phenoxy) is 1. The average Bonchev–Trinajstić information content (AvgIpc) is 2.71. The number of nitrogens with zero attached hydrogens (tertiary/aromatic N) is 1. The number of rotatable bonds is 7. The van der Waals surface area contributed by atoms with Gasteiger partial charge in [0.2, 0.25) is 10.0 Å². The molecule has 4 rings (SSSR count). The zero-order chi connectivity index (χ0) is 20.4. The molecule has 156 valence electrons. The fourth-order valence-corrected chi connectivity index (χ4v) is 5.00. The first-order chi connectivity index (χ1) is 14.0. The molecule has 0 saturated carbocycles. The third kappa shape index (κ3) is 4.42. The van der Waals surface area contributed by atoms with Crippen molar-refractivity contribution in [2.24, 2.45) is 0 Å². The summed E-state index contributed by atoms with van der Waals surface area (Å²) < 4.78 is 32.3. The first-order valence-corrected chi connectivity index (χ1v) is 11.9. The molecule has 2 aromatic carbocycles. The van der Waals surface area contributed by atoms with Gasteiger partial charge < -0.3 is 15.0 Å². The van der Waals surface area contributed by atoms with Crippen LogP contribution in [0.4, 0.5) is 5.69 Å². The van der Waals surface area contributed by atoms with Crippen LogP contribution in [-0.2, 0) is 16.4 Å². The summed E-state index contributed by atoms with van der Waals surface area (Å²) in [6, 6.07) is 17.1. The lowest BCUT2D eigenvalue weighted by Crippen LogP contribution is -2.59. The summed E-state index contributed by atoms with van der Waals surface area (Å²) in [5.41, 5.74) is 3.65. The number of fused-ring (bicyclic) bond motifs is 1. The second-order valence-electron chi connectivity index (χ2n) is 7.85. The molecular formula is C22H29N3O3S. The molecular weight excluding hydrogens is 386 g/mol. The lowest BCUT2D eigenvalue weighted by Gasteiger charge is -2.42. The van der Waals surface area contributed by atoms with Crippen LogP contribution in [0, 0.1) is 0 Å². The van der Waals surface area contributed by atoms with Crippen LogP contribution in [0.25, 0.3) is 0 Å². The number of hydrogen-bond acceptors (Lipinski definition) is 5. The maximum absolute atomic E-state index is 11.8. The third-order valence-electron chi connectivity index (χ3n) is 5.94. The molecule has 2 heterocycles. The fraction of sp³-hybridized carbons (Fsp3) is 0.455. The summed E-state index contributed by atoms with van der Waals surface area (Å²) in [4.78, 5) is 2.21. The first kappa shape index (κ1) is 20.2. The number of anilines is 1. The molecule has 2 aliphatic heterocycles. The minimum atomic E-state index is -3.16. The maximum atomic E-state index is 11.8. The lowest BCUT2D eigenvalue weighted by atomic mass is 9.83. The molecule has 1 saturated heterocycles. The van der Waals surface area contributed by atoms with Crippen LogP contribution >= 0.6 is 0 Å². The van der Waals surface area contributed by atoms with Crippen LogP contribution in [0.5, 0.6) is 5.75 Å². The van der Waals surface area contributed by atoms with Gasteiger partial charge >= 0.3 is 0 Å². The number of likely N-dealkylation sites (N-methyl/N-ethyl adjacent to an activating group) is 1. The second kappa shape index (κ2) is 8.34. The number of benzene rings is 2. The Morgan fingerprint density at radius 2 is 1.90 bits per heavy atom. The molecule has 0 bridgehead atoms. The van der Waals surface area contributed by atoms with E-state index in [1.165, 1.54) is 11.1 Å². The summed E-state index contributed by atoms with van der Waals surface area (Å²) in [7, 11) is -1.17. The van der Waals surface area contributed by atoms with Gasteiger partial charge in [-0.3, -0.25) is 0 Å². The van der Waals surface area contributed by atoms with Crippen molar-refractivity contribution in [3.05, 3.63) is 59.7 Å². The Bertz CT molecular complexity index is 943. The maximum Gasteiger partial charge on any atom is 0.211 e. The van der Waals surface area contributed by atoms with Crippen molar-refractivity contribution in [3.8, 4) is 5.75 Å². The van der Waals surface area contributed by atoms with E-state index in [1.54, 1.807) is 6.92 Å². The number of nitrogens with one attached hydrogen (secondary N) is 2. The Morgan fingerprint density at radius 3 is 2.59 bits per heavy atom. The van der Waals surface area contributed by atoms with E-state index in [2.05, 4.69) is 57.4 Å². The van der Waals surface area contributed by atoms with Crippen LogP contribution in [0.1, 0.15) is 24.0 Å². The van der Waals surface area contributed by atoms with Crippen molar-refractivity contribution in [2.75, 3.05) is 37.4 Å². The van der Waals surface area contributed by atoms with E-state index in [1.807, 2.05) is 13.1 Å². The highest BCUT2D eigenvalue weighted by atomic mass is 32.2. The molecule has 2 aliphatic rings. The first-order valence-electron chi connectivity index (χ1n) is 10.2. The largest absolute Gasteiger partial charge is 0.492 e. The smallest absolute Gasteiger partial charge is 0.211 e. The van der Waals surface area contributed by atoms with Gasteiger partial charge in [-0.05, 0) is 44.2 Å². The molecule has 2 atom stereocenters. The second-order valence-corrected chi connectivity index (χ2v) is 9.89. The minimum Gasteiger partial charge on any atom is -0.492 e. The summed E-state index contributed by atoms with van der Waals surface area (Å²) >= 11 is 0. The van der Waals surface area contributed by atoms with Gasteiger partial charge in [-0.1, -0.05) is 30.3 Å². The average molecular weight is 416 g/mol. The summed E-state index contributed by atoms with van der Waals surface area (Å²) in [5.74, 6) is 1.39. The van der Waals surface area contributed by atoms with Gasteiger partial charge in [0.1, 0.15) is 12.4 Å². The van der Waals surface area contributed by atoms with Gasteiger partial charge in [-0.25, -0.2) is 13.1 Å². The van der Waals surface area contributed by atoms with Crippen LogP contribution in [0.3, 0.4) is 0 Å². The van der Waals surface area contributed by atoms with Crippen LogP contribution < -0.4 is 19.7 Å². The van der Waals surface area contributed by atoms with Gasteiger partial charge in [-0.15, -0.1) is 0 Å². The number of sulfonamides is 1. The summed E-state index contributed by atoms with van der Waals surface area (Å²) in [6.45, 7) is 3.70. The predicted molar refractivity (Wildman–Crippen MR) is 116 cm³/mol. The third-order valence-corrected chi connectivity index (χ3v) is 7.39. The molecule has 7 heteroatoms. The van der Waals surface area contributed by atoms with Crippen molar-refractivity contribution in [1.82, 2.24) is 10.0 Å². The Balaban J connectivity index is 1.53. The van der Waals surface area contributed by atoms with E-state index in [0.29, 0.717) is 25.6 Å². The number of hydrogen-bond donors (Lipinski definition) is 2. The topological polar surface area (TPSA) is 70.7 Å². The molecule has 2 N–H and O–H groups in total. The van der Waals surface area contributed by atoms with Crippen molar-refractivity contribution >= 4 is 15.7 Å². The Hall–Kier alpha value is -2.09. The normalized spacial score (nSPS) is 21.9. The molecule has 6 nitrogen and oxygen atoms in total. The lowest BCUT2D eigenvalue weighted by molar-refractivity contribution is 0.219. The molecule has 2 aromatic rings. The monoisotopic (exact) mass is 415 g/mol. The standard InChI is InChI=1S/C22H29N3O3S/c1-3-29(26,27)24-17-13-25(14-17)18-9-10-22-20(12-18)19(21(23-2)15-28-22)11-16-7-5-4-6-8-16/h4-10,12,17,19,21,23-24H,3,11,13-15H2,1-2H3. The van der Waals surface area contributed by atoms with Crippen molar-refractivity contribution < 1.29 is 13.2 Å². The van der Waals surface area contributed by atoms with Gasteiger partial charge in [0.15, 0.2) is 0 Å². The summed E-state index contributed by atoms with van der Waals surface area (Å²) in [6.07, 6.45) is 0.949. The molecule has 1 fully saturated rings. The quantitative estimate of drug-likeness (QED) is 0.725. The highest BCUT2D eigenvalue weighted by Gasteiger charge is 2.33. The molecule has 29 heavy (non-hydrogen) atoms. The minimum absolute atomic E-state index is 0.0163. The van der Waals surface area contributed by atoms with Gasteiger partial charge in [0.05, 0.1) is 11.8 Å². The zero-order valence-electron chi connectivity index (χ0n) is 17.0. The Morgan fingerprint density at radius 1 is 1.14 bits per heavy atom. The van der Waals surface area contributed by atoms with Crippen LogP contribution in [0.15, 0.2) is 48.5 Å². The molecule has 0 radical (unpaired) electrons. The van der Waals surface area contributed by atoms with E-state index in [9.17, 15) is 8.42 Å². The zero-order valence-corrected chi connectivity index (χ0v) is 17.8. The molecule has 0 aliphatic carbocycles. The fourth-order valence-electron chi connectivity index (χ4n) is 4.17.